The Hall–Kier alpha value is -2.44. The second-order valence-corrected chi connectivity index (χ2v) is 4.54. The minimum Gasteiger partial charge on any atom is -0.491 e. The van der Waals surface area contributed by atoms with Crippen LogP contribution in [-0.2, 0) is 4.74 Å². The Morgan fingerprint density at radius 2 is 2.29 bits per heavy atom. The van der Waals surface area contributed by atoms with Gasteiger partial charge in [0.05, 0.1) is 13.2 Å². The molecule has 0 aromatic heterocycles. The zero-order valence-corrected chi connectivity index (χ0v) is 11.9. The number of hydrogen-bond acceptors (Lipinski definition) is 5. The van der Waals surface area contributed by atoms with Crippen molar-refractivity contribution in [3.05, 3.63) is 23.8 Å². The van der Waals surface area contributed by atoms with Gasteiger partial charge in [-0.3, -0.25) is 0 Å². The quantitative estimate of drug-likeness (QED) is 0.599. The summed E-state index contributed by atoms with van der Waals surface area (Å²) in [6, 6.07) is 4.71. The van der Waals surface area contributed by atoms with Crippen LogP contribution >= 0.6 is 0 Å². The third-order valence-corrected chi connectivity index (χ3v) is 3.06. The Morgan fingerprint density at radius 1 is 1.48 bits per heavy atom. The lowest BCUT2D eigenvalue weighted by Gasteiger charge is -2.16. The molecule has 7 heteroatoms. The Bertz CT molecular complexity index is 533. The van der Waals surface area contributed by atoms with Gasteiger partial charge in [0.2, 0.25) is 0 Å². The summed E-state index contributed by atoms with van der Waals surface area (Å²) >= 11 is 0. The van der Waals surface area contributed by atoms with E-state index in [-0.39, 0.29) is 12.6 Å². The second-order valence-electron chi connectivity index (χ2n) is 4.54. The average molecular weight is 293 g/mol. The van der Waals surface area contributed by atoms with E-state index >= 15 is 0 Å². The van der Waals surface area contributed by atoms with Crippen molar-refractivity contribution in [2.24, 2.45) is 0 Å². The standard InChI is InChI=1S/C14H19N3O4/c1-2-20-13(18)11-9-10(15)3-4-12(11)21-8-7-17-6-5-16-14(17)19/h3-4,9H,2,5-8,15H2,1H3,(H,16,19). The van der Waals surface area contributed by atoms with Crippen molar-refractivity contribution in [2.45, 2.75) is 6.92 Å². The molecule has 3 N–H and O–H groups in total. The maximum absolute atomic E-state index is 11.9. The summed E-state index contributed by atoms with van der Waals surface area (Å²) in [7, 11) is 0. The Balaban J connectivity index is 1.98. The van der Waals surface area contributed by atoms with Crippen LogP contribution in [0.15, 0.2) is 18.2 Å². The number of anilines is 1. The van der Waals surface area contributed by atoms with Gasteiger partial charge < -0.3 is 25.4 Å². The average Bonchev–Trinajstić information content (AvgIpc) is 2.86. The van der Waals surface area contributed by atoms with Gasteiger partial charge in [-0.1, -0.05) is 0 Å². The highest BCUT2D eigenvalue weighted by Crippen LogP contribution is 2.22. The monoisotopic (exact) mass is 293 g/mol. The molecule has 1 aromatic rings. The number of nitrogen functional groups attached to an aromatic ring is 1. The van der Waals surface area contributed by atoms with Crippen LogP contribution in [-0.4, -0.2) is 49.7 Å². The number of nitrogens with zero attached hydrogens (tertiary/aromatic N) is 1. The number of carbonyl (C=O) groups is 2. The zero-order chi connectivity index (χ0) is 15.2. The van der Waals surface area contributed by atoms with Crippen molar-refractivity contribution < 1.29 is 19.1 Å². The maximum Gasteiger partial charge on any atom is 0.341 e. The molecule has 0 bridgehead atoms. The zero-order valence-electron chi connectivity index (χ0n) is 11.9. The van der Waals surface area contributed by atoms with Gasteiger partial charge in [0.15, 0.2) is 0 Å². The van der Waals surface area contributed by atoms with Gasteiger partial charge in [-0.05, 0) is 25.1 Å². The largest absolute Gasteiger partial charge is 0.491 e. The molecular formula is C14H19N3O4. The third kappa shape index (κ3) is 3.77. The molecule has 1 aromatic carbocycles. The summed E-state index contributed by atoms with van der Waals surface area (Å²) in [5.74, 6) is -0.0685. The number of ether oxygens (including phenoxy) is 2. The van der Waals surface area contributed by atoms with Gasteiger partial charge in [0.25, 0.3) is 0 Å². The van der Waals surface area contributed by atoms with E-state index in [0.29, 0.717) is 43.2 Å². The summed E-state index contributed by atoms with van der Waals surface area (Å²) in [6.07, 6.45) is 0. The molecule has 0 radical (unpaired) electrons. The molecule has 7 nitrogen and oxygen atoms in total. The van der Waals surface area contributed by atoms with Gasteiger partial charge in [-0.15, -0.1) is 0 Å². The van der Waals surface area contributed by atoms with Crippen molar-refractivity contribution in [3.63, 3.8) is 0 Å². The van der Waals surface area contributed by atoms with E-state index in [0.717, 1.165) is 0 Å². The molecule has 0 atom stereocenters. The number of nitrogens with one attached hydrogen (secondary N) is 1. The topological polar surface area (TPSA) is 93.9 Å². The SMILES string of the molecule is CCOC(=O)c1cc(N)ccc1OCCN1CCNC1=O. The number of nitrogens with two attached hydrogens (primary N) is 1. The van der Waals surface area contributed by atoms with Gasteiger partial charge in [-0.2, -0.15) is 0 Å². The van der Waals surface area contributed by atoms with Crippen LogP contribution in [0.25, 0.3) is 0 Å². The molecule has 2 rings (SSSR count). The Morgan fingerprint density at radius 3 is 2.95 bits per heavy atom. The van der Waals surface area contributed by atoms with E-state index in [2.05, 4.69) is 5.32 Å². The van der Waals surface area contributed by atoms with Gasteiger partial charge >= 0.3 is 12.0 Å². The molecule has 1 fully saturated rings. The minimum absolute atomic E-state index is 0.0958. The molecule has 114 valence electrons. The number of benzene rings is 1. The summed E-state index contributed by atoms with van der Waals surface area (Å²) in [6.45, 7) is 4.07. The first-order valence-corrected chi connectivity index (χ1v) is 6.84. The van der Waals surface area contributed by atoms with Gasteiger partial charge in [0.1, 0.15) is 17.9 Å². The van der Waals surface area contributed by atoms with E-state index in [4.69, 9.17) is 15.2 Å². The van der Waals surface area contributed by atoms with Crippen molar-refractivity contribution in [1.29, 1.82) is 0 Å². The Labute approximate surface area is 123 Å². The van der Waals surface area contributed by atoms with E-state index in [1.165, 1.54) is 6.07 Å². The first-order valence-electron chi connectivity index (χ1n) is 6.84. The molecule has 0 spiro atoms. The summed E-state index contributed by atoms with van der Waals surface area (Å²) < 4.78 is 10.6. The number of urea groups is 1. The minimum atomic E-state index is -0.473. The lowest BCUT2D eigenvalue weighted by molar-refractivity contribution is 0.0521. The van der Waals surface area contributed by atoms with Crippen molar-refractivity contribution in [2.75, 3.05) is 38.6 Å². The molecule has 21 heavy (non-hydrogen) atoms. The lowest BCUT2D eigenvalue weighted by Crippen LogP contribution is -2.32. The summed E-state index contributed by atoms with van der Waals surface area (Å²) in [4.78, 5) is 24.9. The van der Waals surface area contributed by atoms with Crippen LogP contribution in [0.2, 0.25) is 0 Å². The fraction of sp³-hybridized carbons (Fsp3) is 0.429. The first-order chi connectivity index (χ1) is 10.1. The normalized spacial score (nSPS) is 14.0. The molecule has 0 unspecified atom stereocenters. The van der Waals surface area contributed by atoms with E-state index < -0.39 is 5.97 Å². The number of carbonyl (C=O) groups excluding carboxylic acids is 2. The molecule has 1 heterocycles. The van der Waals surface area contributed by atoms with Crippen LogP contribution in [0.3, 0.4) is 0 Å². The number of rotatable bonds is 6. The number of amides is 2. The number of esters is 1. The maximum atomic E-state index is 11.9. The Kier molecular flexibility index (Phi) is 4.86. The molecule has 0 aliphatic carbocycles. The van der Waals surface area contributed by atoms with Crippen LogP contribution in [0.4, 0.5) is 10.5 Å². The van der Waals surface area contributed by atoms with Crippen molar-refractivity contribution >= 4 is 17.7 Å². The van der Waals surface area contributed by atoms with Crippen molar-refractivity contribution in [3.8, 4) is 5.75 Å². The molecule has 0 saturated carbocycles. The van der Waals surface area contributed by atoms with Gasteiger partial charge in [-0.25, -0.2) is 9.59 Å². The molecule has 2 amide bonds. The predicted octanol–water partition coefficient (Wildman–Crippen LogP) is 0.850. The van der Waals surface area contributed by atoms with Crippen molar-refractivity contribution in [1.82, 2.24) is 10.2 Å². The molecule has 1 aliphatic heterocycles. The highest BCUT2D eigenvalue weighted by Gasteiger charge is 2.19. The lowest BCUT2D eigenvalue weighted by atomic mass is 10.2. The summed E-state index contributed by atoms with van der Waals surface area (Å²) in [5, 5.41) is 2.71. The fourth-order valence-corrected chi connectivity index (χ4v) is 2.03. The van der Waals surface area contributed by atoms with Crippen LogP contribution in [0.5, 0.6) is 5.75 Å². The third-order valence-electron chi connectivity index (χ3n) is 3.06. The number of hydrogen-bond donors (Lipinski definition) is 2. The first kappa shape index (κ1) is 15.0. The molecular weight excluding hydrogens is 274 g/mol. The highest BCUT2D eigenvalue weighted by molar-refractivity contribution is 5.93. The van der Waals surface area contributed by atoms with E-state index in [9.17, 15) is 9.59 Å². The smallest absolute Gasteiger partial charge is 0.341 e. The fourth-order valence-electron chi connectivity index (χ4n) is 2.03. The highest BCUT2D eigenvalue weighted by atomic mass is 16.5. The predicted molar refractivity (Wildman–Crippen MR) is 77.3 cm³/mol. The van der Waals surface area contributed by atoms with E-state index in [1.54, 1.807) is 24.0 Å². The van der Waals surface area contributed by atoms with Crippen LogP contribution in [0, 0.1) is 0 Å². The van der Waals surface area contributed by atoms with Crippen LogP contribution in [0.1, 0.15) is 17.3 Å². The van der Waals surface area contributed by atoms with Gasteiger partial charge in [0, 0.05) is 18.8 Å². The van der Waals surface area contributed by atoms with E-state index in [1.807, 2.05) is 0 Å². The second kappa shape index (κ2) is 6.83. The molecule has 1 aliphatic rings. The molecule has 1 saturated heterocycles. The summed E-state index contributed by atoms with van der Waals surface area (Å²) in [5.41, 5.74) is 6.44. The van der Waals surface area contributed by atoms with Crippen LogP contribution < -0.4 is 15.8 Å².